The van der Waals surface area contributed by atoms with E-state index in [-0.39, 0.29) is 12.3 Å². The van der Waals surface area contributed by atoms with Crippen molar-refractivity contribution in [2.24, 2.45) is 5.92 Å². The molecule has 7 nitrogen and oxygen atoms in total. The van der Waals surface area contributed by atoms with Crippen molar-refractivity contribution >= 4 is 40.5 Å². The van der Waals surface area contributed by atoms with Crippen LogP contribution in [0.4, 0.5) is 22.7 Å². The number of anilines is 4. The second kappa shape index (κ2) is 13.1. The maximum Gasteiger partial charge on any atom is 0.255 e. The van der Waals surface area contributed by atoms with Gasteiger partial charge >= 0.3 is 0 Å². The first-order valence-corrected chi connectivity index (χ1v) is 13.5. The van der Waals surface area contributed by atoms with E-state index in [0.717, 1.165) is 16.7 Å². The zero-order valence-corrected chi connectivity index (χ0v) is 22.8. The van der Waals surface area contributed by atoms with Crippen molar-refractivity contribution in [3.8, 4) is 11.1 Å². The Morgan fingerprint density at radius 3 is 1.64 bits per heavy atom. The monoisotopic (exact) mass is 554 g/mol. The van der Waals surface area contributed by atoms with E-state index < -0.39 is 17.7 Å². The van der Waals surface area contributed by atoms with Gasteiger partial charge in [0.1, 0.15) is 5.92 Å². The summed E-state index contributed by atoms with van der Waals surface area (Å²) in [6, 6.07) is 40.2. The van der Waals surface area contributed by atoms with Crippen LogP contribution in [0.1, 0.15) is 15.9 Å². The number of nitrogens with one attached hydrogen (secondary N) is 3. The molecule has 0 unspecified atom stereocenters. The van der Waals surface area contributed by atoms with E-state index in [1.54, 1.807) is 54.6 Å². The van der Waals surface area contributed by atoms with Gasteiger partial charge in [0.05, 0.1) is 11.4 Å². The van der Waals surface area contributed by atoms with Gasteiger partial charge in [-0.15, -0.1) is 0 Å². The van der Waals surface area contributed by atoms with Crippen molar-refractivity contribution < 1.29 is 14.4 Å². The Kier molecular flexibility index (Phi) is 8.70. The standard InChI is InChI=1S/C35H30N4O3/c36-31-21-20-27(25-10-4-1-5-11-25)23-32(31)39-33(40)26-18-16-24(17-19-26)22-30(34(41)37-28-12-6-2-7-13-28)35(42)38-29-14-8-3-9-15-29/h1-21,23,30H,22,36H2,(H,37,41)(H,38,42)(H,39,40). The van der Waals surface area contributed by atoms with Gasteiger partial charge in [0.25, 0.3) is 5.91 Å². The second-order valence-corrected chi connectivity index (χ2v) is 9.79. The average Bonchev–Trinajstić information content (AvgIpc) is 3.02. The fourth-order valence-corrected chi connectivity index (χ4v) is 4.50. The van der Waals surface area contributed by atoms with E-state index >= 15 is 0 Å². The summed E-state index contributed by atoms with van der Waals surface area (Å²) >= 11 is 0. The SMILES string of the molecule is Nc1ccc(-c2ccccc2)cc1NC(=O)c1ccc(CC(C(=O)Nc2ccccc2)C(=O)Nc2ccccc2)cc1. The molecule has 0 aliphatic rings. The molecule has 208 valence electrons. The molecule has 0 saturated heterocycles. The Morgan fingerprint density at radius 2 is 1.10 bits per heavy atom. The van der Waals surface area contributed by atoms with Crippen LogP contribution in [0.5, 0.6) is 0 Å². The van der Waals surface area contributed by atoms with Crippen LogP contribution < -0.4 is 21.7 Å². The number of hydrogen-bond acceptors (Lipinski definition) is 4. The lowest BCUT2D eigenvalue weighted by Gasteiger charge is -2.17. The van der Waals surface area contributed by atoms with Gasteiger partial charge in [-0.1, -0.05) is 84.9 Å². The Bertz CT molecular complexity index is 1620. The van der Waals surface area contributed by atoms with Gasteiger partial charge in [-0.3, -0.25) is 14.4 Å². The number of benzene rings is 5. The molecule has 0 bridgehead atoms. The predicted octanol–water partition coefficient (Wildman–Crippen LogP) is 6.62. The molecular formula is C35H30N4O3. The summed E-state index contributed by atoms with van der Waals surface area (Å²) in [7, 11) is 0. The maximum atomic E-state index is 13.2. The van der Waals surface area contributed by atoms with E-state index in [0.29, 0.717) is 28.3 Å². The molecule has 0 spiro atoms. The highest BCUT2D eigenvalue weighted by Gasteiger charge is 2.27. The summed E-state index contributed by atoms with van der Waals surface area (Å²) in [6.45, 7) is 0. The van der Waals surface area contributed by atoms with Gasteiger partial charge in [-0.25, -0.2) is 0 Å². The number of nitrogens with two attached hydrogens (primary N) is 1. The molecule has 0 aliphatic carbocycles. The molecule has 0 fully saturated rings. The van der Waals surface area contributed by atoms with Crippen LogP contribution >= 0.6 is 0 Å². The zero-order valence-electron chi connectivity index (χ0n) is 22.8. The highest BCUT2D eigenvalue weighted by Crippen LogP contribution is 2.28. The molecule has 5 N–H and O–H groups in total. The first kappa shape index (κ1) is 27.9. The number of nitrogen functional groups attached to an aromatic ring is 1. The minimum atomic E-state index is -1.01. The highest BCUT2D eigenvalue weighted by atomic mass is 16.2. The normalized spacial score (nSPS) is 10.6. The van der Waals surface area contributed by atoms with Crippen LogP contribution in [0.3, 0.4) is 0 Å². The molecule has 3 amide bonds. The smallest absolute Gasteiger partial charge is 0.255 e. The van der Waals surface area contributed by atoms with Crippen LogP contribution in [0, 0.1) is 5.92 Å². The average molecular weight is 555 g/mol. The molecule has 7 heteroatoms. The second-order valence-electron chi connectivity index (χ2n) is 9.79. The van der Waals surface area contributed by atoms with Crippen LogP contribution in [0.25, 0.3) is 11.1 Å². The van der Waals surface area contributed by atoms with Crippen molar-refractivity contribution in [1.82, 2.24) is 0 Å². The molecule has 0 aliphatic heterocycles. The maximum absolute atomic E-state index is 13.2. The topological polar surface area (TPSA) is 113 Å². The zero-order chi connectivity index (χ0) is 29.3. The van der Waals surface area contributed by atoms with Crippen LogP contribution in [0.2, 0.25) is 0 Å². The molecule has 0 saturated carbocycles. The summed E-state index contributed by atoms with van der Waals surface area (Å²) in [5.41, 5.74) is 11.4. The number of carbonyl (C=O) groups is 3. The number of para-hydroxylation sites is 2. The Labute approximate surface area is 244 Å². The summed E-state index contributed by atoms with van der Waals surface area (Å²) in [6.07, 6.45) is 0.144. The molecule has 0 atom stereocenters. The first-order chi connectivity index (χ1) is 20.5. The van der Waals surface area contributed by atoms with E-state index in [1.165, 1.54) is 0 Å². The number of hydrogen-bond donors (Lipinski definition) is 4. The molecule has 0 radical (unpaired) electrons. The number of rotatable bonds is 9. The van der Waals surface area contributed by atoms with Crippen molar-refractivity contribution in [1.29, 1.82) is 0 Å². The predicted molar refractivity (Wildman–Crippen MR) is 168 cm³/mol. The molecular weight excluding hydrogens is 524 g/mol. The molecule has 5 rings (SSSR count). The first-order valence-electron chi connectivity index (χ1n) is 13.5. The number of amides is 3. The van der Waals surface area contributed by atoms with E-state index in [1.807, 2.05) is 78.9 Å². The lowest BCUT2D eigenvalue weighted by Crippen LogP contribution is -2.35. The summed E-state index contributed by atoms with van der Waals surface area (Å²) in [5.74, 6) is -2.18. The van der Waals surface area contributed by atoms with Crippen LogP contribution in [-0.2, 0) is 16.0 Å². The molecule has 5 aromatic rings. The lowest BCUT2D eigenvalue weighted by molar-refractivity contribution is -0.129. The van der Waals surface area contributed by atoms with E-state index in [4.69, 9.17) is 5.73 Å². The number of carbonyl (C=O) groups excluding carboxylic acids is 3. The third-order valence-electron chi connectivity index (χ3n) is 6.78. The third-order valence-corrected chi connectivity index (χ3v) is 6.78. The van der Waals surface area contributed by atoms with Crippen LogP contribution in [0.15, 0.2) is 133 Å². The summed E-state index contributed by atoms with van der Waals surface area (Å²) in [4.78, 5) is 39.6. The van der Waals surface area contributed by atoms with Gasteiger partial charge in [0.15, 0.2) is 0 Å². The van der Waals surface area contributed by atoms with Gasteiger partial charge in [0.2, 0.25) is 11.8 Å². The quantitative estimate of drug-likeness (QED) is 0.121. The lowest BCUT2D eigenvalue weighted by atomic mass is 9.96. The fraction of sp³-hybridized carbons (Fsp3) is 0.0571. The van der Waals surface area contributed by atoms with Gasteiger partial charge in [-0.05, 0) is 71.6 Å². The van der Waals surface area contributed by atoms with Crippen molar-refractivity contribution in [3.05, 3.63) is 145 Å². The Balaban J connectivity index is 1.30. The van der Waals surface area contributed by atoms with E-state index in [9.17, 15) is 14.4 Å². The van der Waals surface area contributed by atoms with Crippen molar-refractivity contribution in [2.45, 2.75) is 6.42 Å². The highest BCUT2D eigenvalue weighted by molar-refractivity contribution is 6.11. The molecule has 5 aromatic carbocycles. The van der Waals surface area contributed by atoms with Gasteiger partial charge in [0, 0.05) is 16.9 Å². The largest absolute Gasteiger partial charge is 0.397 e. The van der Waals surface area contributed by atoms with Crippen LogP contribution in [-0.4, -0.2) is 17.7 Å². The Hall–Kier alpha value is -5.69. The molecule has 42 heavy (non-hydrogen) atoms. The minimum absolute atomic E-state index is 0.144. The minimum Gasteiger partial charge on any atom is -0.397 e. The van der Waals surface area contributed by atoms with Crippen molar-refractivity contribution in [2.75, 3.05) is 21.7 Å². The summed E-state index contributed by atoms with van der Waals surface area (Å²) < 4.78 is 0. The molecule has 0 heterocycles. The van der Waals surface area contributed by atoms with E-state index in [2.05, 4.69) is 16.0 Å². The Morgan fingerprint density at radius 1 is 0.571 bits per heavy atom. The molecule has 0 aromatic heterocycles. The van der Waals surface area contributed by atoms with Gasteiger partial charge < -0.3 is 21.7 Å². The van der Waals surface area contributed by atoms with Crippen molar-refractivity contribution in [3.63, 3.8) is 0 Å². The fourth-order valence-electron chi connectivity index (χ4n) is 4.50. The van der Waals surface area contributed by atoms with Gasteiger partial charge in [-0.2, -0.15) is 0 Å². The summed E-state index contributed by atoms with van der Waals surface area (Å²) in [5, 5.41) is 8.56. The third kappa shape index (κ3) is 7.08.